The van der Waals surface area contributed by atoms with Crippen molar-refractivity contribution in [2.24, 2.45) is 0 Å². The maximum atomic E-state index is 12.1. The van der Waals surface area contributed by atoms with Crippen LogP contribution in [0.3, 0.4) is 0 Å². The fraction of sp³-hybridized carbons (Fsp3) is 0.278. The molecule has 0 unspecified atom stereocenters. The highest BCUT2D eigenvalue weighted by Gasteiger charge is 2.09. The first kappa shape index (κ1) is 16.4. The van der Waals surface area contributed by atoms with Gasteiger partial charge in [-0.15, -0.1) is 0 Å². The molecule has 0 radical (unpaired) electrons. The summed E-state index contributed by atoms with van der Waals surface area (Å²) < 4.78 is 0. The van der Waals surface area contributed by atoms with Gasteiger partial charge >= 0.3 is 0 Å². The third-order valence-electron chi connectivity index (χ3n) is 3.53. The highest BCUT2D eigenvalue weighted by molar-refractivity contribution is 6.30. The Morgan fingerprint density at radius 2 is 1.68 bits per heavy atom. The average molecular weight is 317 g/mol. The molecule has 0 saturated carbocycles. The minimum atomic E-state index is -0.138. The minimum absolute atomic E-state index is 0.138. The monoisotopic (exact) mass is 316 g/mol. The second-order valence-electron chi connectivity index (χ2n) is 5.39. The molecule has 116 valence electrons. The van der Waals surface area contributed by atoms with Crippen LogP contribution < -0.4 is 10.2 Å². The largest absolute Gasteiger partial charge is 0.369 e. The van der Waals surface area contributed by atoms with Crippen LogP contribution >= 0.6 is 11.6 Å². The Kier molecular flexibility index (Phi) is 5.45. The van der Waals surface area contributed by atoms with Gasteiger partial charge in [-0.1, -0.05) is 11.6 Å². The van der Waals surface area contributed by atoms with Gasteiger partial charge in [0.25, 0.3) is 5.91 Å². The highest BCUT2D eigenvalue weighted by atomic mass is 35.5. The first-order chi connectivity index (χ1) is 10.5. The summed E-state index contributed by atoms with van der Waals surface area (Å²) in [6.45, 7) is 7.42. The molecule has 2 aromatic rings. The predicted octanol–water partition coefficient (Wildman–Crippen LogP) is 4.83. The van der Waals surface area contributed by atoms with Crippen molar-refractivity contribution in [3.8, 4) is 0 Å². The van der Waals surface area contributed by atoms with E-state index in [2.05, 4.69) is 31.0 Å². The first-order valence-electron chi connectivity index (χ1n) is 7.45. The molecule has 0 spiro atoms. The topological polar surface area (TPSA) is 32.3 Å². The van der Waals surface area contributed by atoms with Crippen LogP contribution in [0.4, 0.5) is 11.4 Å². The van der Waals surface area contributed by atoms with E-state index < -0.39 is 0 Å². The zero-order valence-corrected chi connectivity index (χ0v) is 13.9. The second-order valence-corrected chi connectivity index (χ2v) is 5.82. The van der Waals surface area contributed by atoms with E-state index in [1.54, 1.807) is 24.3 Å². The van der Waals surface area contributed by atoms with Crippen molar-refractivity contribution in [3.63, 3.8) is 0 Å². The number of carbonyl (C=O) groups is 1. The van der Waals surface area contributed by atoms with E-state index in [-0.39, 0.29) is 5.91 Å². The summed E-state index contributed by atoms with van der Waals surface area (Å²) in [5.41, 5.74) is 2.52. The molecule has 4 heteroatoms. The number of hydrogen-bond acceptors (Lipinski definition) is 2. The highest BCUT2D eigenvalue weighted by Crippen LogP contribution is 2.20. The van der Waals surface area contributed by atoms with Crippen LogP contribution in [0.25, 0.3) is 0 Å². The molecule has 0 atom stereocenters. The van der Waals surface area contributed by atoms with Crippen LogP contribution in [-0.4, -0.2) is 18.5 Å². The smallest absolute Gasteiger partial charge is 0.255 e. The van der Waals surface area contributed by atoms with Gasteiger partial charge in [0.1, 0.15) is 0 Å². The molecule has 3 nitrogen and oxygen atoms in total. The number of nitrogens with zero attached hydrogens (tertiary/aromatic N) is 1. The van der Waals surface area contributed by atoms with Crippen LogP contribution in [0.15, 0.2) is 48.5 Å². The van der Waals surface area contributed by atoms with Gasteiger partial charge in [-0.3, -0.25) is 4.79 Å². The zero-order chi connectivity index (χ0) is 16.1. The van der Waals surface area contributed by atoms with Gasteiger partial charge < -0.3 is 10.2 Å². The van der Waals surface area contributed by atoms with Gasteiger partial charge in [0.15, 0.2) is 0 Å². The van der Waals surface area contributed by atoms with Gasteiger partial charge in [-0.05, 0) is 69.3 Å². The maximum Gasteiger partial charge on any atom is 0.255 e. The molecule has 2 rings (SSSR count). The first-order valence-corrected chi connectivity index (χ1v) is 7.82. The summed E-state index contributed by atoms with van der Waals surface area (Å²) in [5.74, 6) is -0.138. The van der Waals surface area contributed by atoms with Gasteiger partial charge in [-0.2, -0.15) is 0 Å². The summed E-state index contributed by atoms with van der Waals surface area (Å²) in [4.78, 5) is 14.4. The third kappa shape index (κ3) is 4.01. The van der Waals surface area contributed by atoms with Crippen molar-refractivity contribution < 1.29 is 4.79 Å². The molecule has 22 heavy (non-hydrogen) atoms. The SMILES string of the molecule is CCN(c1ccc(NC(=O)c2ccc(Cl)cc2)cc1)C(C)C. The summed E-state index contributed by atoms with van der Waals surface area (Å²) in [6.07, 6.45) is 0. The van der Waals surface area contributed by atoms with E-state index in [0.717, 1.165) is 17.9 Å². The minimum Gasteiger partial charge on any atom is -0.369 e. The summed E-state index contributed by atoms with van der Waals surface area (Å²) in [5, 5.41) is 3.51. The third-order valence-corrected chi connectivity index (χ3v) is 3.78. The Balaban J connectivity index is 2.08. The van der Waals surface area contributed by atoms with E-state index in [1.807, 2.05) is 24.3 Å². The fourth-order valence-electron chi connectivity index (χ4n) is 2.39. The van der Waals surface area contributed by atoms with Crippen molar-refractivity contribution in [2.75, 3.05) is 16.8 Å². The lowest BCUT2D eigenvalue weighted by molar-refractivity contribution is 0.102. The van der Waals surface area contributed by atoms with Gasteiger partial charge in [0.05, 0.1) is 0 Å². The Bertz CT molecular complexity index is 621. The Morgan fingerprint density at radius 1 is 1.09 bits per heavy atom. The Labute approximate surface area is 136 Å². The molecular weight excluding hydrogens is 296 g/mol. The molecule has 0 bridgehead atoms. The van der Waals surface area contributed by atoms with E-state index in [1.165, 1.54) is 0 Å². The van der Waals surface area contributed by atoms with Crippen molar-refractivity contribution >= 4 is 28.9 Å². The van der Waals surface area contributed by atoms with Crippen LogP contribution in [0.5, 0.6) is 0 Å². The average Bonchev–Trinajstić information content (AvgIpc) is 2.50. The zero-order valence-electron chi connectivity index (χ0n) is 13.1. The lowest BCUT2D eigenvalue weighted by Crippen LogP contribution is -2.30. The summed E-state index contributed by atoms with van der Waals surface area (Å²) in [7, 11) is 0. The van der Waals surface area contributed by atoms with Crippen LogP contribution in [0, 0.1) is 0 Å². The van der Waals surface area contributed by atoms with E-state index in [0.29, 0.717) is 16.6 Å². The summed E-state index contributed by atoms with van der Waals surface area (Å²) >= 11 is 5.83. The van der Waals surface area contributed by atoms with Crippen molar-refractivity contribution in [2.45, 2.75) is 26.8 Å². The molecule has 0 fully saturated rings. The molecule has 0 aromatic heterocycles. The number of hydrogen-bond donors (Lipinski definition) is 1. The Hall–Kier alpha value is -2.00. The molecule has 0 saturated heterocycles. The normalized spacial score (nSPS) is 10.6. The van der Waals surface area contributed by atoms with Gasteiger partial charge in [-0.25, -0.2) is 0 Å². The predicted molar refractivity (Wildman–Crippen MR) is 94.0 cm³/mol. The lowest BCUT2D eigenvalue weighted by atomic mass is 10.2. The molecule has 1 N–H and O–H groups in total. The Morgan fingerprint density at radius 3 is 2.18 bits per heavy atom. The maximum absolute atomic E-state index is 12.1. The van der Waals surface area contributed by atoms with Crippen LogP contribution in [0.2, 0.25) is 5.02 Å². The van der Waals surface area contributed by atoms with Crippen molar-refractivity contribution in [3.05, 3.63) is 59.1 Å². The molecular formula is C18H21ClN2O. The van der Waals surface area contributed by atoms with E-state index in [4.69, 9.17) is 11.6 Å². The number of halogens is 1. The lowest BCUT2D eigenvalue weighted by Gasteiger charge is -2.27. The molecule has 2 aromatic carbocycles. The van der Waals surface area contributed by atoms with Crippen molar-refractivity contribution in [1.29, 1.82) is 0 Å². The fourth-order valence-corrected chi connectivity index (χ4v) is 2.51. The molecule has 0 aliphatic heterocycles. The van der Waals surface area contributed by atoms with Gasteiger partial charge in [0, 0.05) is 34.5 Å². The molecule has 1 amide bonds. The molecule has 0 aliphatic carbocycles. The number of carbonyl (C=O) groups excluding carboxylic acids is 1. The second kappa shape index (κ2) is 7.32. The van der Waals surface area contributed by atoms with Crippen LogP contribution in [-0.2, 0) is 0 Å². The quantitative estimate of drug-likeness (QED) is 0.857. The standard InChI is InChI=1S/C18H21ClN2O/c1-4-21(13(2)3)17-11-9-16(10-12-17)20-18(22)14-5-7-15(19)8-6-14/h5-13H,4H2,1-3H3,(H,20,22). The van der Waals surface area contributed by atoms with E-state index in [9.17, 15) is 4.79 Å². The summed E-state index contributed by atoms with van der Waals surface area (Å²) in [6, 6.07) is 15.2. The van der Waals surface area contributed by atoms with Gasteiger partial charge in [0.2, 0.25) is 0 Å². The number of rotatable bonds is 5. The van der Waals surface area contributed by atoms with Crippen LogP contribution in [0.1, 0.15) is 31.1 Å². The number of nitrogens with one attached hydrogen (secondary N) is 1. The number of anilines is 2. The molecule has 0 aliphatic rings. The molecule has 0 heterocycles. The van der Waals surface area contributed by atoms with Crippen molar-refractivity contribution in [1.82, 2.24) is 0 Å². The number of benzene rings is 2. The van der Waals surface area contributed by atoms with E-state index >= 15 is 0 Å². The number of amides is 1.